The van der Waals surface area contributed by atoms with E-state index in [1.807, 2.05) is 55.5 Å². The Morgan fingerprint density at radius 3 is 2.59 bits per heavy atom. The summed E-state index contributed by atoms with van der Waals surface area (Å²) in [6, 6.07) is 15.7. The molecule has 1 unspecified atom stereocenters. The molecule has 0 aliphatic carbocycles. The van der Waals surface area contributed by atoms with Gasteiger partial charge in [-0.15, -0.1) is 11.6 Å². The van der Waals surface area contributed by atoms with Crippen molar-refractivity contribution >= 4 is 11.6 Å². The summed E-state index contributed by atoms with van der Waals surface area (Å²) in [4.78, 5) is 4.30. The SMILES string of the molecule is CC(Oc1cccc(CCl)n1)c1ccccc1. The molecule has 2 aromatic rings. The largest absolute Gasteiger partial charge is 0.470 e. The summed E-state index contributed by atoms with van der Waals surface area (Å²) in [5, 5.41) is 0. The molecule has 0 fully saturated rings. The molecule has 1 aromatic carbocycles. The Kier molecular flexibility index (Phi) is 3.99. The zero-order chi connectivity index (χ0) is 12.1. The van der Waals surface area contributed by atoms with Gasteiger partial charge < -0.3 is 4.74 Å². The lowest BCUT2D eigenvalue weighted by molar-refractivity contribution is 0.217. The van der Waals surface area contributed by atoms with Crippen LogP contribution in [0.3, 0.4) is 0 Å². The quantitative estimate of drug-likeness (QED) is 0.763. The van der Waals surface area contributed by atoms with E-state index < -0.39 is 0 Å². The van der Waals surface area contributed by atoms with Crippen LogP contribution in [0.1, 0.15) is 24.3 Å². The van der Waals surface area contributed by atoms with Gasteiger partial charge in [-0.1, -0.05) is 36.4 Å². The van der Waals surface area contributed by atoms with Crippen LogP contribution in [0, 0.1) is 0 Å². The van der Waals surface area contributed by atoms with E-state index in [1.54, 1.807) is 0 Å². The number of halogens is 1. The Morgan fingerprint density at radius 1 is 1.12 bits per heavy atom. The van der Waals surface area contributed by atoms with Crippen LogP contribution in [0.4, 0.5) is 0 Å². The van der Waals surface area contributed by atoms with Crippen molar-refractivity contribution in [2.75, 3.05) is 0 Å². The summed E-state index contributed by atoms with van der Waals surface area (Å²) in [6.45, 7) is 2.00. The number of ether oxygens (including phenoxy) is 1. The number of rotatable bonds is 4. The molecular weight excluding hydrogens is 234 g/mol. The van der Waals surface area contributed by atoms with Gasteiger partial charge in [0.2, 0.25) is 5.88 Å². The van der Waals surface area contributed by atoms with Gasteiger partial charge >= 0.3 is 0 Å². The Bertz CT molecular complexity index is 473. The maximum atomic E-state index is 5.77. The first-order valence-corrected chi connectivity index (χ1v) is 6.06. The van der Waals surface area contributed by atoms with Crippen molar-refractivity contribution in [3.8, 4) is 5.88 Å². The average Bonchev–Trinajstić information content (AvgIpc) is 2.40. The second kappa shape index (κ2) is 5.69. The smallest absolute Gasteiger partial charge is 0.214 e. The molecule has 0 N–H and O–H groups in total. The van der Waals surface area contributed by atoms with E-state index in [0.717, 1.165) is 11.3 Å². The Labute approximate surface area is 106 Å². The second-order valence-corrected chi connectivity index (χ2v) is 4.04. The maximum Gasteiger partial charge on any atom is 0.214 e. The van der Waals surface area contributed by atoms with E-state index in [-0.39, 0.29) is 6.10 Å². The van der Waals surface area contributed by atoms with Crippen molar-refractivity contribution in [1.29, 1.82) is 0 Å². The summed E-state index contributed by atoms with van der Waals surface area (Å²) >= 11 is 5.73. The number of hydrogen-bond acceptors (Lipinski definition) is 2. The normalized spacial score (nSPS) is 12.1. The second-order valence-electron chi connectivity index (χ2n) is 3.77. The van der Waals surface area contributed by atoms with Gasteiger partial charge in [0.05, 0.1) is 11.6 Å². The molecule has 2 nitrogen and oxygen atoms in total. The molecule has 1 atom stereocenters. The van der Waals surface area contributed by atoms with Gasteiger partial charge in [-0.2, -0.15) is 0 Å². The van der Waals surface area contributed by atoms with Crippen LogP contribution in [0.15, 0.2) is 48.5 Å². The van der Waals surface area contributed by atoms with E-state index in [1.165, 1.54) is 0 Å². The van der Waals surface area contributed by atoms with Gasteiger partial charge in [-0.05, 0) is 18.6 Å². The van der Waals surface area contributed by atoms with Crippen molar-refractivity contribution < 1.29 is 4.74 Å². The molecule has 0 amide bonds. The van der Waals surface area contributed by atoms with Crippen molar-refractivity contribution in [3.63, 3.8) is 0 Å². The number of benzene rings is 1. The van der Waals surface area contributed by atoms with E-state index in [2.05, 4.69) is 4.98 Å². The van der Waals surface area contributed by atoms with E-state index in [9.17, 15) is 0 Å². The molecule has 0 aliphatic rings. The number of nitrogens with zero attached hydrogens (tertiary/aromatic N) is 1. The molecule has 1 heterocycles. The topological polar surface area (TPSA) is 22.1 Å². The predicted molar refractivity (Wildman–Crippen MR) is 69.3 cm³/mol. The monoisotopic (exact) mass is 247 g/mol. The van der Waals surface area contributed by atoms with Crippen molar-refractivity contribution in [2.24, 2.45) is 0 Å². The minimum Gasteiger partial charge on any atom is -0.470 e. The molecule has 0 saturated carbocycles. The fourth-order valence-corrected chi connectivity index (χ4v) is 1.72. The molecule has 0 aliphatic heterocycles. The highest BCUT2D eigenvalue weighted by Crippen LogP contribution is 2.20. The summed E-state index contributed by atoms with van der Waals surface area (Å²) in [5.74, 6) is 1.01. The third-order valence-corrected chi connectivity index (χ3v) is 2.76. The molecule has 88 valence electrons. The lowest BCUT2D eigenvalue weighted by Crippen LogP contribution is -2.04. The Morgan fingerprint density at radius 2 is 1.88 bits per heavy atom. The molecule has 17 heavy (non-hydrogen) atoms. The number of pyridine rings is 1. The zero-order valence-electron chi connectivity index (χ0n) is 9.64. The predicted octanol–water partition coefficient (Wildman–Crippen LogP) is 3.96. The maximum absolute atomic E-state index is 5.77. The van der Waals surface area contributed by atoms with E-state index in [4.69, 9.17) is 16.3 Å². The summed E-state index contributed by atoms with van der Waals surface area (Å²) < 4.78 is 5.77. The number of hydrogen-bond donors (Lipinski definition) is 0. The zero-order valence-corrected chi connectivity index (χ0v) is 10.4. The highest BCUT2D eigenvalue weighted by atomic mass is 35.5. The molecule has 2 rings (SSSR count). The minimum atomic E-state index is -0.0192. The summed E-state index contributed by atoms with van der Waals surface area (Å²) in [6.07, 6.45) is -0.0192. The number of alkyl halides is 1. The first kappa shape index (κ1) is 11.9. The van der Waals surface area contributed by atoms with Crippen LogP contribution in [0.2, 0.25) is 0 Å². The van der Waals surface area contributed by atoms with Gasteiger partial charge in [0.15, 0.2) is 0 Å². The van der Waals surface area contributed by atoms with Crippen molar-refractivity contribution in [1.82, 2.24) is 4.98 Å². The molecular formula is C14H14ClNO. The lowest BCUT2D eigenvalue weighted by Gasteiger charge is -2.14. The van der Waals surface area contributed by atoms with Crippen molar-refractivity contribution in [2.45, 2.75) is 18.9 Å². The average molecular weight is 248 g/mol. The van der Waals surface area contributed by atoms with Crippen LogP contribution in [0.5, 0.6) is 5.88 Å². The van der Waals surface area contributed by atoms with Gasteiger partial charge in [-0.3, -0.25) is 0 Å². The van der Waals surface area contributed by atoms with Gasteiger partial charge in [0.1, 0.15) is 6.10 Å². The fourth-order valence-electron chi connectivity index (χ4n) is 1.57. The van der Waals surface area contributed by atoms with Crippen LogP contribution >= 0.6 is 11.6 Å². The highest BCUT2D eigenvalue weighted by molar-refractivity contribution is 6.16. The van der Waals surface area contributed by atoms with Gasteiger partial charge in [0.25, 0.3) is 0 Å². The van der Waals surface area contributed by atoms with Crippen LogP contribution in [-0.2, 0) is 5.88 Å². The lowest BCUT2D eigenvalue weighted by atomic mass is 10.1. The fraction of sp³-hybridized carbons (Fsp3) is 0.214. The molecule has 0 bridgehead atoms. The summed E-state index contributed by atoms with van der Waals surface area (Å²) in [5.41, 5.74) is 1.95. The van der Waals surface area contributed by atoms with Gasteiger partial charge in [-0.25, -0.2) is 4.98 Å². The molecule has 0 radical (unpaired) electrons. The number of aromatic nitrogens is 1. The van der Waals surface area contributed by atoms with Crippen LogP contribution in [-0.4, -0.2) is 4.98 Å². The van der Waals surface area contributed by atoms with Crippen LogP contribution < -0.4 is 4.74 Å². The molecule has 0 spiro atoms. The third kappa shape index (κ3) is 3.21. The Balaban J connectivity index is 2.10. The van der Waals surface area contributed by atoms with Crippen molar-refractivity contribution in [3.05, 3.63) is 59.8 Å². The highest BCUT2D eigenvalue weighted by Gasteiger charge is 2.07. The first-order valence-electron chi connectivity index (χ1n) is 5.53. The third-order valence-electron chi connectivity index (χ3n) is 2.48. The summed E-state index contributed by atoms with van der Waals surface area (Å²) in [7, 11) is 0. The Hall–Kier alpha value is -1.54. The minimum absolute atomic E-state index is 0.0192. The molecule has 3 heteroatoms. The molecule has 1 aromatic heterocycles. The van der Waals surface area contributed by atoms with E-state index in [0.29, 0.717) is 11.8 Å². The van der Waals surface area contributed by atoms with E-state index >= 15 is 0 Å². The molecule has 0 saturated heterocycles. The van der Waals surface area contributed by atoms with Crippen LogP contribution in [0.25, 0.3) is 0 Å². The standard InChI is InChI=1S/C14H14ClNO/c1-11(12-6-3-2-4-7-12)17-14-9-5-8-13(10-15)16-14/h2-9,11H,10H2,1H3. The van der Waals surface area contributed by atoms with Gasteiger partial charge in [0, 0.05) is 6.07 Å². The first-order chi connectivity index (χ1) is 8.29.